The molecule has 0 aliphatic heterocycles. The monoisotopic (exact) mass is 300 g/mol. The van der Waals surface area contributed by atoms with Crippen molar-refractivity contribution in [3.8, 4) is 0 Å². The summed E-state index contributed by atoms with van der Waals surface area (Å²) in [5.74, 6) is 4.38. The van der Waals surface area contributed by atoms with E-state index in [0.717, 1.165) is 23.7 Å². The van der Waals surface area contributed by atoms with E-state index in [0.29, 0.717) is 22.5 Å². The van der Waals surface area contributed by atoms with Gasteiger partial charge in [-0.05, 0) is 92.8 Å². The Labute approximate surface area is 135 Å². The maximum absolute atomic E-state index is 12.1. The summed E-state index contributed by atoms with van der Waals surface area (Å²) < 4.78 is 0. The summed E-state index contributed by atoms with van der Waals surface area (Å²) in [7, 11) is 0. The van der Waals surface area contributed by atoms with Gasteiger partial charge >= 0.3 is 0 Å². The molecule has 0 spiro atoms. The van der Waals surface area contributed by atoms with Crippen LogP contribution in [0.1, 0.15) is 72.1 Å². The number of fused-ring (bicyclic) bond motifs is 5. The van der Waals surface area contributed by atoms with Crippen molar-refractivity contribution in [3.63, 3.8) is 0 Å². The van der Waals surface area contributed by atoms with Crippen LogP contribution in [0.5, 0.6) is 0 Å². The van der Waals surface area contributed by atoms with E-state index in [4.69, 9.17) is 0 Å². The van der Waals surface area contributed by atoms with Crippen molar-refractivity contribution in [1.82, 2.24) is 0 Å². The summed E-state index contributed by atoms with van der Waals surface area (Å²) in [6.45, 7) is 6.90. The van der Waals surface area contributed by atoms with E-state index in [-0.39, 0.29) is 0 Å². The Kier molecular flexibility index (Phi) is 3.37. The number of carbonyl (C=O) groups excluding carboxylic acids is 1. The van der Waals surface area contributed by atoms with Gasteiger partial charge in [-0.15, -0.1) is 0 Å². The fourth-order valence-corrected chi connectivity index (χ4v) is 7.51. The fourth-order valence-electron chi connectivity index (χ4n) is 7.51. The molecule has 0 aromatic carbocycles. The number of rotatable bonds is 1. The van der Waals surface area contributed by atoms with Gasteiger partial charge in [-0.25, -0.2) is 0 Å². The molecule has 4 aliphatic rings. The van der Waals surface area contributed by atoms with Gasteiger partial charge in [-0.2, -0.15) is 0 Å². The first-order valence-electron chi connectivity index (χ1n) is 9.62. The number of allylic oxidation sites excluding steroid dienone is 2. The third-order valence-corrected chi connectivity index (χ3v) is 8.70. The van der Waals surface area contributed by atoms with Crippen LogP contribution in [0.15, 0.2) is 12.2 Å². The lowest BCUT2D eigenvalue weighted by atomic mass is 9.45. The molecule has 4 aliphatic carbocycles. The fraction of sp³-hybridized carbons (Fsp3) is 0.857. The lowest BCUT2D eigenvalue weighted by Crippen LogP contribution is -2.52. The van der Waals surface area contributed by atoms with Gasteiger partial charge in [-0.3, -0.25) is 4.79 Å². The van der Waals surface area contributed by atoms with E-state index >= 15 is 0 Å². The van der Waals surface area contributed by atoms with Crippen LogP contribution >= 0.6 is 0 Å². The summed E-state index contributed by atoms with van der Waals surface area (Å²) >= 11 is 0. The van der Waals surface area contributed by atoms with Crippen LogP contribution in [0.2, 0.25) is 0 Å². The summed E-state index contributed by atoms with van der Waals surface area (Å²) in [5.41, 5.74) is 0.869. The van der Waals surface area contributed by atoms with Crippen LogP contribution in [0, 0.1) is 40.4 Å². The minimum Gasteiger partial charge on any atom is -0.300 e. The Morgan fingerprint density at radius 1 is 0.955 bits per heavy atom. The predicted molar refractivity (Wildman–Crippen MR) is 90.4 cm³/mol. The summed E-state index contributed by atoms with van der Waals surface area (Å²) in [4.78, 5) is 12.1. The molecule has 3 saturated carbocycles. The highest BCUT2D eigenvalue weighted by Gasteiger charge is 2.59. The molecule has 1 heteroatoms. The molecule has 0 heterocycles. The molecule has 3 fully saturated rings. The van der Waals surface area contributed by atoms with E-state index in [1.165, 1.54) is 51.4 Å². The van der Waals surface area contributed by atoms with Gasteiger partial charge in [0, 0.05) is 5.92 Å². The molecular weight excluding hydrogens is 268 g/mol. The zero-order valence-electron chi connectivity index (χ0n) is 14.6. The van der Waals surface area contributed by atoms with Crippen LogP contribution in [0.4, 0.5) is 0 Å². The molecule has 4 rings (SSSR count). The zero-order valence-corrected chi connectivity index (χ0v) is 14.6. The van der Waals surface area contributed by atoms with Crippen molar-refractivity contribution in [2.75, 3.05) is 0 Å². The second kappa shape index (κ2) is 4.95. The second-order valence-electron chi connectivity index (χ2n) is 9.35. The Morgan fingerprint density at radius 2 is 1.73 bits per heavy atom. The van der Waals surface area contributed by atoms with E-state index in [9.17, 15) is 4.79 Å². The standard InChI is InChI=1S/C21H32O/c1-14(22)17-9-10-18-16-8-7-15-6-4-5-12-20(15,2)19(16)11-13-21(17,18)3/h4-5,15-19H,6-13H2,1-3H3/t15-,16-,17-,18+,19+,20+,21-/m1/s1. The molecule has 0 amide bonds. The lowest BCUT2D eigenvalue weighted by Gasteiger charge is -2.59. The molecule has 0 saturated heterocycles. The average molecular weight is 300 g/mol. The molecule has 0 unspecified atom stereocenters. The van der Waals surface area contributed by atoms with Crippen molar-refractivity contribution < 1.29 is 4.79 Å². The van der Waals surface area contributed by atoms with Gasteiger partial charge in [0.1, 0.15) is 5.78 Å². The van der Waals surface area contributed by atoms with Crippen molar-refractivity contribution >= 4 is 5.78 Å². The third kappa shape index (κ3) is 1.86. The number of hydrogen-bond donors (Lipinski definition) is 0. The first-order valence-corrected chi connectivity index (χ1v) is 9.62. The van der Waals surface area contributed by atoms with E-state index < -0.39 is 0 Å². The quantitative estimate of drug-likeness (QED) is 0.592. The predicted octanol–water partition coefficient (Wildman–Crippen LogP) is 5.40. The second-order valence-corrected chi connectivity index (χ2v) is 9.35. The van der Waals surface area contributed by atoms with E-state index in [2.05, 4.69) is 26.0 Å². The highest BCUT2D eigenvalue weighted by molar-refractivity contribution is 5.79. The maximum Gasteiger partial charge on any atom is 0.133 e. The Balaban J connectivity index is 1.65. The van der Waals surface area contributed by atoms with Crippen molar-refractivity contribution in [3.05, 3.63) is 12.2 Å². The largest absolute Gasteiger partial charge is 0.300 e. The first-order chi connectivity index (χ1) is 10.5. The summed E-state index contributed by atoms with van der Waals surface area (Å²) in [6, 6.07) is 0. The topological polar surface area (TPSA) is 17.1 Å². The van der Waals surface area contributed by atoms with Gasteiger partial charge in [0.05, 0.1) is 0 Å². The Morgan fingerprint density at radius 3 is 2.50 bits per heavy atom. The smallest absolute Gasteiger partial charge is 0.133 e. The average Bonchev–Trinajstić information content (AvgIpc) is 2.84. The van der Waals surface area contributed by atoms with Gasteiger partial charge in [-0.1, -0.05) is 26.0 Å². The molecule has 0 bridgehead atoms. The molecule has 122 valence electrons. The van der Waals surface area contributed by atoms with E-state index in [1.54, 1.807) is 0 Å². The highest BCUT2D eigenvalue weighted by atomic mass is 16.1. The normalized spacial score (nSPS) is 53.5. The van der Waals surface area contributed by atoms with Crippen LogP contribution in [-0.2, 0) is 4.79 Å². The van der Waals surface area contributed by atoms with Crippen molar-refractivity contribution in [1.29, 1.82) is 0 Å². The van der Waals surface area contributed by atoms with Crippen LogP contribution in [-0.4, -0.2) is 5.78 Å². The summed E-state index contributed by atoms with van der Waals surface area (Å²) in [5, 5.41) is 0. The molecule has 1 nitrogen and oxygen atoms in total. The molecule has 0 radical (unpaired) electrons. The number of carbonyl (C=O) groups is 1. The van der Waals surface area contributed by atoms with Crippen molar-refractivity contribution in [2.45, 2.75) is 72.1 Å². The van der Waals surface area contributed by atoms with Gasteiger partial charge in [0.15, 0.2) is 0 Å². The molecule has 0 aromatic rings. The minimum absolute atomic E-state index is 0.320. The number of ketones is 1. The minimum atomic E-state index is 0.320. The third-order valence-electron chi connectivity index (χ3n) is 8.70. The molecule has 0 N–H and O–H groups in total. The van der Waals surface area contributed by atoms with Gasteiger partial charge in [0.25, 0.3) is 0 Å². The highest BCUT2D eigenvalue weighted by Crippen LogP contribution is 2.66. The molecular formula is C21H32O. The lowest BCUT2D eigenvalue weighted by molar-refractivity contribution is -0.131. The first kappa shape index (κ1) is 15.0. The maximum atomic E-state index is 12.1. The Hall–Kier alpha value is -0.590. The number of hydrogen-bond acceptors (Lipinski definition) is 1. The molecule has 7 atom stereocenters. The van der Waals surface area contributed by atoms with E-state index in [1.807, 2.05) is 6.92 Å². The van der Waals surface area contributed by atoms with Crippen LogP contribution in [0.25, 0.3) is 0 Å². The van der Waals surface area contributed by atoms with Crippen molar-refractivity contribution in [2.24, 2.45) is 40.4 Å². The molecule has 0 aromatic heterocycles. The van der Waals surface area contributed by atoms with Gasteiger partial charge < -0.3 is 0 Å². The summed E-state index contributed by atoms with van der Waals surface area (Å²) in [6.07, 6.45) is 15.5. The van der Waals surface area contributed by atoms with Gasteiger partial charge in [0.2, 0.25) is 0 Å². The number of Topliss-reactive ketones (excluding diaryl/α,β-unsaturated/α-hetero) is 1. The van der Waals surface area contributed by atoms with Crippen LogP contribution in [0.3, 0.4) is 0 Å². The molecule has 22 heavy (non-hydrogen) atoms. The zero-order chi connectivity index (χ0) is 15.5. The Bertz CT molecular complexity index is 506. The SMILES string of the molecule is CC(=O)[C@H]1CC[C@H]2[C@H]3CC[C@H]4CC=CC[C@]4(C)[C@H]3CC[C@]12C. The van der Waals surface area contributed by atoms with Crippen LogP contribution < -0.4 is 0 Å².